The van der Waals surface area contributed by atoms with Crippen molar-refractivity contribution in [1.29, 1.82) is 5.26 Å². The number of benzene rings is 1. The second kappa shape index (κ2) is 10.3. The summed E-state index contributed by atoms with van der Waals surface area (Å²) in [7, 11) is 0. The number of rotatable bonds is 6. The van der Waals surface area contributed by atoms with E-state index in [0.29, 0.717) is 37.5 Å². The van der Waals surface area contributed by atoms with Gasteiger partial charge in [-0.05, 0) is 44.0 Å². The maximum Gasteiger partial charge on any atom is 0.267 e. The van der Waals surface area contributed by atoms with Crippen molar-refractivity contribution in [1.82, 2.24) is 14.7 Å². The van der Waals surface area contributed by atoms with Crippen molar-refractivity contribution < 1.29 is 9.53 Å². The van der Waals surface area contributed by atoms with E-state index < -0.39 is 5.91 Å². The zero-order chi connectivity index (χ0) is 24.1. The van der Waals surface area contributed by atoms with Gasteiger partial charge < -0.3 is 15.0 Å². The van der Waals surface area contributed by atoms with E-state index in [-0.39, 0.29) is 28.9 Å². The number of amides is 1. The largest absolute Gasteiger partial charge is 0.372 e. The van der Waals surface area contributed by atoms with Crippen LogP contribution < -0.4 is 15.8 Å². The smallest absolute Gasteiger partial charge is 0.267 e. The predicted molar refractivity (Wildman–Crippen MR) is 130 cm³/mol. The molecule has 8 nitrogen and oxygen atoms in total. The summed E-state index contributed by atoms with van der Waals surface area (Å²) < 4.78 is 7.25. The molecule has 1 N–H and O–H groups in total. The van der Waals surface area contributed by atoms with Crippen LogP contribution in [0.3, 0.4) is 0 Å². The molecule has 3 aromatic rings. The lowest BCUT2D eigenvalue weighted by atomic mass is 10.1. The molecule has 8 heteroatoms. The van der Waals surface area contributed by atoms with Crippen LogP contribution in [0.15, 0.2) is 65.1 Å². The summed E-state index contributed by atoms with van der Waals surface area (Å²) in [5, 5.41) is 12.5. The fourth-order valence-corrected chi connectivity index (χ4v) is 4.16. The SMILES string of the molecule is C[C@@H]1CN(c2nc3ccccn3c(=O)c2/C=C(\C#N)C(=O)NCCc2ccccc2)C[C@@H](C)O1. The van der Waals surface area contributed by atoms with E-state index in [4.69, 9.17) is 9.72 Å². The third kappa shape index (κ3) is 5.16. The summed E-state index contributed by atoms with van der Waals surface area (Å²) >= 11 is 0. The van der Waals surface area contributed by atoms with E-state index in [9.17, 15) is 14.9 Å². The molecule has 4 rings (SSSR count). The van der Waals surface area contributed by atoms with Crippen LogP contribution in [0, 0.1) is 11.3 Å². The molecule has 2 aromatic heterocycles. The van der Waals surface area contributed by atoms with Crippen LogP contribution in [0.1, 0.15) is 25.0 Å². The van der Waals surface area contributed by atoms with Crippen LogP contribution >= 0.6 is 0 Å². The molecule has 0 bridgehead atoms. The number of morpholine rings is 1. The highest BCUT2D eigenvalue weighted by Crippen LogP contribution is 2.23. The summed E-state index contributed by atoms with van der Waals surface area (Å²) in [6.07, 6.45) is 3.52. The van der Waals surface area contributed by atoms with Crippen LogP contribution in [-0.4, -0.2) is 47.1 Å². The minimum Gasteiger partial charge on any atom is -0.372 e. The number of hydrogen-bond donors (Lipinski definition) is 1. The molecule has 2 atom stereocenters. The van der Waals surface area contributed by atoms with Gasteiger partial charge in [-0.25, -0.2) is 4.98 Å². The van der Waals surface area contributed by atoms with Gasteiger partial charge in [-0.2, -0.15) is 5.26 Å². The molecule has 174 valence electrons. The Morgan fingerprint density at radius 3 is 2.59 bits per heavy atom. The van der Waals surface area contributed by atoms with Crippen molar-refractivity contribution in [2.75, 3.05) is 24.5 Å². The summed E-state index contributed by atoms with van der Waals surface area (Å²) in [4.78, 5) is 32.9. The van der Waals surface area contributed by atoms with E-state index in [0.717, 1.165) is 5.56 Å². The van der Waals surface area contributed by atoms with Gasteiger partial charge in [0.05, 0.1) is 17.8 Å². The Labute approximate surface area is 198 Å². The van der Waals surface area contributed by atoms with Crippen LogP contribution in [-0.2, 0) is 16.0 Å². The van der Waals surface area contributed by atoms with Gasteiger partial charge in [0.15, 0.2) is 0 Å². The molecule has 0 saturated carbocycles. The molecule has 1 fully saturated rings. The van der Waals surface area contributed by atoms with Gasteiger partial charge in [0.2, 0.25) is 0 Å². The van der Waals surface area contributed by atoms with Crippen LogP contribution in [0.25, 0.3) is 11.7 Å². The molecule has 3 heterocycles. The first-order chi connectivity index (χ1) is 16.5. The molecule has 1 aliphatic rings. The number of ether oxygens (including phenoxy) is 1. The molecular formula is C26H27N5O3. The number of aromatic nitrogens is 2. The number of carbonyl (C=O) groups excluding carboxylic acids is 1. The average Bonchev–Trinajstić information content (AvgIpc) is 2.83. The lowest BCUT2D eigenvalue weighted by Crippen LogP contribution is -2.46. The maximum absolute atomic E-state index is 13.4. The Kier molecular flexibility index (Phi) is 7.04. The predicted octanol–water partition coefficient (Wildman–Crippen LogP) is 2.57. The van der Waals surface area contributed by atoms with E-state index in [1.165, 1.54) is 10.5 Å². The van der Waals surface area contributed by atoms with E-state index in [1.807, 2.05) is 61.2 Å². The van der Waals surface area contributed by atoms with Gasteiger partial charge in [0.1, 0.15) is 23.1 Å². The maximum atomic E-state index is 13.4. The van der Waals surface area contributed by atoms with Crippen molar-refractivity contribution in [3.8, 4) is 6.07 Å². The normalized spacial score (nSPS) is 18.5. The minimum absolute atomic E-state index is 0.0478. The molecule has 1 amide bonds. The molecule has 1 saturated heterocycles. The number of fused-ring (bicyclic) bond motifs is 1. The number of nitriles is 1. The molecule has 0 aliphatic carbocycles. The minimum atomic E-state index is -0.523. The van der Waals surface area contributed by atoms with Crippen molar-refractivity contribution >= 4 is 23.4 Å². The van der Waals surface area contributed by atoms with Crippen LogP contribution in [0.2, 0.25) is 0 Å². The quantitative estimate of drug-likeness (QED) is 0.451. The fraction of sp³-hybridized carbons (Fsp3) is 0.308. The Morgan fingerprint density at radius 2 is 1.88 bits per heavy atom. The molecule has 0 spiro atoms. The summed E-state index contributed by atoms with van der Waals surface area (Å²) in [6.45, 7) is 5.40. The summed E-state index contributed by atoms with van der Waals surface area (Å²) in [5.41, 5.74) is 1.31. The number of hydrogen-bond acceptors (Lipinski definition) is 6. The van der Waals surface area contributed by atoms with Crippen LogP contribution in [0.4, 0.5) is 5.82 Å². The Morgan fingerprint density at radius 1 is 1.18 bits per heavy atom. The van der Waals surface area contributed by atoms with Crippen molar-refractivity contribution in [3.63, 3.8) is 0 Å². The lowest BCUT2D eigenvalue weighted by Gasteiger charge is -2.36. The second-order valence-electron chi connectivity index (χ2n) is 8.41. The van der Waals surface area contributed by atoms with Crippen LogP contribution in [0.5, 0.6) is 0 Å². The highest BCUT2D eigenvalue weighted by atomic mass is 16.5. The summed E-state index contributed by atoms with van der Waals surface area (Å²) in [6, 6.07) is 17.0. The molecule has 1 aromatic carbocycles. The highest BCUT2D eigenvalue weighted by Gasteiger charge is 2.27. The Hall–Kier alpha value is -3.96. The first kappa shape index (κ1) is 23.2. The van der Waals surface area contributed by atoms with Gasteiger partial charge in [-0.15, -0.1) is 0 Å². The zero-order valence-corrected chi connectivity index (χ0v) is 19.3. The van der Waals surface area contributed by atoms with Gasteiger partial charge in [-0.1, -0.05) is 36.4 Å². The Balaban J connectivity index is 1.68. The highest BCUT2D eigenvalue weighted by molar-refractivity contribution is 6.02. The van der Waals surface area contributed by atoms with Gasteiger partial charge in [0, 0.05) is 25.8 Å². The number of nitrogens with one attached hydrogen (secondary N) is 1. The molecular weight excluding hydrogens is 430 g/mol. The summed E-state index contributed by atoms with van der Waals surface area (Å²) in [5.74, 6) is -0.0753. The standard InChI is InChI=1S/C26H27N5O3/c1-18-16-30(17-19(2)34-18)24-22(26(33)31-13-7-6-10-23(31)29-24)14-21(15-27)25(32)28-12-11-20-8-4-3-5-9-20/h3-10,13-14,18-19H,11-12,16-17H2,1-2H3,(H,28,32)/b21-14+/t18-,19-/m1/s1. The molecule has 1 aliphatic heterocycles. The van der Waals surface area contributed by atoms with E-state index in [2.05, 4.69) is 5.32 Å². The molecule has 0 radical (unpaired) electrons. The number of pyridine rings is 1. The van der Waals surface area contributed by atoms with Crippen molar-refractivity contribution in [2.45, 2.75) is 32.5 Å². The first-order valence-electron chi connectivity index (χ1n) is 11.3. The molecule has 0 unspecified atom stereocenters. The number of nitrogens with zero attached hydrogens (tertiary/aromatic N) is 4. The monoisotopic (exact) mass is 457 g/mol. The Bertz CT molecular complexity index is 1300. The van der Waals surface area contributed by atoms with E-state index >= 15 is 0 Å². The van der Waals surface area contributed by atoms with Crippen molar-refractivity contribution in [2.24, 2.45) is 0 Å². The zero-order valence-electron chi connectivity index (χ0n) is 19.3. The van der Waals surface area contributed by atoms with Crippen molar-refractivity contribution in [3.05, 3.63) is 81.8 Å². The topological polar surface area (TPSA) is 99.7 Å². The third-order valence-electron chi connectivity index (χ3n) is 5.66. The number of anilines is 1. The fourth-order valence-electron chi connectivity index (χ4n) is 4.16. The first-order valence-corrected chi connectivity index (χ1v) is 11.3. The van der Waals surface area contributed by atoms with Gasteiger partial charge in [0.25, 0.3) is 11.5 Å². The lowest BCUT2D eigenvalue weighted by molar-refractivity contribution is -0.117. The van der Waals surface area contributed by atoms with Gasteiger partial charge >= 0.3 is 0 Å². The second-order valence-corrected chi connectivity index (χ2v) is 8.41. The van der Waals surface area contributed by atoms with Gasteiger partial charge in [-0.3, -0.25) is 14.0 Å². The molecule has 34 heavy (non-hydrogen) atoms. The third-order valence-corrected chi connectivity index (χ3v) is 5.66. The number of carbonyl (C=O) groups is 1. The van der Waals surface area contributed by atoms with E-state index in [1.54, 1.807) is 18.3 Å². The average molecular weight is 458 g/mol.